The molecule has 158 valence electrons. The molecular formula is C25H30N2O3. The zero-order valence-corrected chi connectivity index (χ0v) is 18.3. The van der Waals surface area contributed by atoms with Gasteiger partial charge in [-0.15, -0.1) is 0 Å². The lowest BCUT2D eigenvalue weighted by Crippen LogP contribution is -2.45. The van der Waals surface area contributed by atoms with Crippen molar-refractivity contribution in [1.29, 1.82) is 0 Å². The fraction of sp³-hybridized carbons (Fsp3) is 0.400. The molecule has 2 aromatic carbocycles. The second-order valence-electron chi connectivity index (χ2n) is 8.64. The summed E-state index contributed by atoms with van der Waals surface area (Å²) in [6.07, 6.45) is 1.62. The third kappa shape index (κ3) is 3.37. The van der Waals surface area contributed by atoms with Crippen LogP contribution in [0.1, 0.15) is 55.6 Å². The Balaban J connectivity index is 1.91. The zero-order valence-electron chi connectivity index (χ0n) is 18.3. The number of ether oxygens (including phenoxy) is 2. The van der Waals surface area contributed by atoms with Gasteiger partial charge in [0.2, 0.25) is 0 Å². The number of aromatic nitrogens is 1. The number of hydrogen-bond acceptors (Lipinski definition) is 4. The Bertz CT molecular complexity index is 1080. The van der Waals surface area contributed by atoms with Crippen LogP contribution in [0.25, 0.3) is 10.9 Å². The van der Waals surface area contributed by atoms with Crippen molar-refractivity contribution in [2.45, 2.75) is 51.1 Å². The first-order valence-corrected chi connectivity index (χ1v) is 10.5. The van der Waals surface area contributed by atoms with Gasteiger partial charge in [-0.1, -0.05) is 45.0 Å². The van der Waals surface area contributed by atoms with E-state index in [0.29, 0.717) is 6.42 Å². The summed E-state index contributed by atoms with van der Waals surface area (Å²) in [4.78, 5) is 16.1. The number of fused-ring (bicyclic) bond motifs is 3. The first-order valence-electron chi connectivity index (χ1n) is 10.5. The van der Waals surface area contributed by atoms with Crippen molar-refractivity contribution in [3.63, 3.8) is 0 Å². The van der Waals surface area contributed by atoms with E-state index >= 15 is 0 Å². The van der Waals surface area contributed by atoms with Crippen LogP contribution >= 0.6 is 0 Å². The van der Waals surface area contributed by atoms with Crippen molar-refractivity contribution in [3.8, 4) is 5.75 Å². The van der Waals surface area contributed by atoms with E-state index in [0.717, 1.165) is 39.9 Å². The van der Waals surface area contributed by atoms with Crippen LogP contribution in [0.4, 0.5) is 0 Å². The molecule has 0 aliphatic carbocycles. The largest absolute Gasteiger partial charge is 0.496 e. The summed E-state index contributed by atoms with van der Waals surface area (Å²) in [6.45, 7) is 6.70. The van der Waals surface area contributed by atoms with Crippen LogP contribution < -0.4 is 10.1 Å². The fourth-order valence-electron chi connectivity index (χ4n) is 4.36. The minimum atomic E-state index is -0.417. The minimum Gasteiger partial charge on any atom is -0.496 e. The summed E-state index contributed by atoms with van der Waals surface area (Å²) in [5.74, 6) is 0.554. The second-order valence-corrected chi connectivity index (χ2v) is 8.64. The van der Waals surface area contributed by atoms with E-state index in [1.165, 1.54) is 12.7 Å². The molecule has 0 amide bonds. The maximum atomic E-state index is 12.5. The summed E-state index contributed by atoms with van der Waals surface area (Å²) in [7, 11) is 3.13. The Kier molecular flexibility index (Phi) is 5.33. The first-order chi connectivity index (χ1) is 14.4. The van der Waals surface area contributed by atoms with Gasteiger partial charge < -0.3 is 14.5 Å². The topological polar surface area (TPSA) is 63.4 Å². The summed E-state index contributed by atoms with van der Waals surface area (Å²) >= 11 is 0. The smallest absolute Gasteiger partial charge is 0.323 e. The lowest BCUT2D eigenvalue weighted by Gasteiger charge is -2.32. The van der Waals surface area contributed by atoms with Crippen LogP contribution in [-0.2, 0) is 21.4 Å². The molecule has 4 rings (SSSR count). The maximum absolute atomic E-state index is 12.5. The van der Waals surface area contributed by atoms with E-state index in [1.807, 2.05) is 18.2 Å². The molecule has 1 aliphatic heterocycles. The van der Waals surface area contributed by atoms with Gasteiger partial charge in [-0.3, -0.25) is 10.1 Å². The normalized spacial score (nSPS) is 18.8. The van der Waals surface area contributed by atoms with Gasteiger partial charge in [-0.05, 0) is 41.2 Å². The number of para-hydroxylation sites is 1. The van der Waals surface area contributed by atoms with Crippen LogP contribution in [0.3, 0.4) is 0 Å². The molecule has 0 radical (unpaired) electrons. The third-order valence-corrected chi connectivity index (χ3v) is 6.60. The van der Waals surface area contributed by atoms with Crippen LogP contribution in [0, 0.1) is 0 Å². The minimum absolute atomic E-state index is 0.0424. The highest BCUT2D eigenvalue weighted by molar-refractivity contribution is 5.87. The SMILES string of the molecule is CCC(C)(C)c1ccc(OC)c(C2NC(C(=O)OC)Cc3c2[nH]c2ccccc32)c1. The van der Waals surface area contributed by atoms with E-state index in [-0.39, 0.29) is 17.4 Å². The monoisotopic (exact) mass is 406 g/mol. The highest BCUT2D eigenvalue weighted by atomic mass is 16.5. The molecule has 1 aromatic heterocycles. The Morgan fingerprint density at radius 2 is 1.93 bits per heavy atom. The quantitative estimate of drug-likeness (QED) is 0.606. The van der Waals surface area contributed by atoms with E-state index < -0.39 is 6.04 Å². The second kappa shape index (κ2) is 7.80. The molecule has 5 nitrogen and oxygen atoms in total. The van der Waals surface area contributed by atoms with Crippen molar-refractivity contribution >= 4 is 16.9 Å². The lowest BCUT2D eigenvalue weighted by molar-refractivity contribution is -0.143. The van der Waals surface area contributed by atoms with Gasteiger partial charge in [0, 0.05) is 28.6 Å². The Morgan fingerprint density at radius 3 is 2.63 bits per heavy atom. The predicted octanol–water partition coefficient (Wildman–Crippen LogP) is 4.64. The molecular weight excluding hydrogens is 376 g/mol. The third-order valence-electron chi connectivity index (χ3n) is 6.60. The Hall–Kier alpha value is -2.79. The highest BCUT2D eigenvalue weighted by Gasteiger charge is 2.36. The van der Waals surface area contributed by atoms with Gasteiger partial charge in [-0.25, -0.2) is 0 Å². The number of H-pyrrole nitrogens is 1. The Morgan fingerprint density at radius 1 is 1.17 bits per heavy atom. The van der Waals surface area contributed by atoms with Crippen molar-refractivity contribution in [3.05, 3.63) is 64.8 Å². The standard InChI is InChI=1S/C25H30N2O3/c1-6-25(2,3)15-11-12-21(29-4)18(13-15)23-22-17(14-20(27-23)24(28)30-5)16-9-7-8-10-19(16)26-22/h7-13,20,23,26-27H,6,14H2,1-5H3. The molecule has 0 saturated carbocycles. The number of carbonyl (C=O) groups is 1. The van der Waals surface area contributed by atoms with Gasteiger partial charge in [0.05, 0.1) is 20.3 Å². The van der Waals surface area contributed by atoms with Crippen LogP contribution in [0.15, 0.2) is 42.5 Å². The molecule has 2 unspecified atom stereocenters. The van der Waals surface area contributed by atoms with Crippen LogP contribution in [-0.4, -0.2) is 31.2 Å². The molecule has 0 spiro atoms. The van der Waals surface area contributed by atoms with E-state index in [4.69, 9.17) is 9.47 Å². The van der Waals surface area contributed by atoms with E-state index in [9.17, 15) is 4.79 Å². The molecule has 30 heavy (non-hydrogen) atoms. The number of rotatable bonds is 5. The van der Waals surface area contributed by atoms with Gasteiger partial charge in [0.15, 0.2) is 0 Å². The van der Waals surface area contributed by atoms with Gasteiger partial charge >= 0.3 is 5.97 Å². The van der Waals surface area contributed by atoms with Gasteiger partial charge in [0.25, 0.3) is 0 Å². The predicted molar refractivity (Wildman–Crippen MR) is 119 cm³/mol. The number of hydrogen-bond donors (Lipinski definition) is 2. The summed E-state index contributed by atoms with van der Waals surface area (Å²) in [6, 6.07) is 14.0. The number of methoxy groups -OCH3 is 2. The summed E-state index contributed by atoms with van der Waals surface area (Å²) in [5.41, 5.74) is 5.64. The van der Waals surface area contributed by atoms with Crippen molar-refractivity contribution in [2.75, 3.05) is 14.2 Å². The Labute approximate surface area is 177 Å². The molecule has 0 saturated heterocycles. The van der Waals surface area contributed by atoms with Gasteiger partial charge in [-0.2, -0.15) is 0 Å². The molecule has 3 aromatic rings. The molecule has 1 aliphatic rings. The number of esters is 1. The fourth-order valence-corrected chi connectivity index (χ4v) is 4.36. The van der Waals surface area contributed by atoms with Gasteiger partial charge in [0.1, 0.15) is 11.8 Å². The highest BCUT2D eigenvalue weighted by Crippen LogP contribution is 2.40. The van der Waals surface area contributed by atoms with Crippen molar-refractivity contribution in [2.24, 2.45) is 0 Å². The van der Waals surface area contributed by atoms with E-state index in [1.54, 1.807) is 7.11 Å². The number of carbonyl (C=O) groups excluding carboxylic acids is 1. The maximum Gasteiger partial charge on any atom is 0.323 e. The van der Waals surface area contributed by atoms with E-state index in [2.05, 4.69) is 55.3 Å². The molecule has 5 heteroatoms. The average molecular weight is 407 g/mol. The number of nitrogens with one attached hydrogen (secondary N) is 2. The van der Waals surface area contributed by atoms with Crippen LogP contribution in [0.2, 0.25) is 0 Å². The van der Waals surface area contributed by atoms with Crippen LogP contribution in [0.5, 0.6) is 5.75 Å². The average Bonchev–Trinajstić information content (AvgIpc) is 3.16. The molecule has 2 atom stereocenters. The molecule has 2 N–H and O–H groups in total. The molecule has 0 fully saturated rings. The first kappa shape index (κ1) is 20.5. The summed E-state index contributed by atoms with van der Waals surface area (Å²) in [5, 5.41) is 4.67. The molecule has 2 heterocycles. The lowest BCUT2D eigenvalue weighted by atomic mass is 9.80. The molecule has 0 bridgehead atoms. The number of benzene rings is 2. The zero-order chi connectivity index (χ0) is 21.5. The summed E-state index contributed by atoms with van der Waals surface area (Å²) < 4.78 is 10.8. The van der Waals surface area contributed by atoms with Crippen molar-refractivity contribution in [1.82, 2.24) is 10.3 Å². The van der Waals surface area contributed by atoms with Crippen molar-refractivity contribution < 1.29 is 14.3 Å². The number of aromatic amines is 1.